The standard InChI is InChI=1S/C15H19NO3/c1-15(2,3)16(14(18)19)11-7-8-12-10(9-11)5-4-6-13(12)17/h7-9H,4-6H2,1-3H3,(H,18,19). The molecule has 1 aliphatic carbocycles. The Bertz CT molecular complexity index is 529. The average Bonchev–Trinajstić information content (AvgIpc) is 2.26. The summed E-state index contributed by atoms with van der Waals surface area (Å²) in [7, 11) is 0. The molecule has 1 amide bonds. The van der Waals surface area contributed by atoms with Crippen molar-refractivity contribution in [3.8, 4) is 0 Å². The minimum Gasteiger partial charge on any atom is -0.465 e. The van der Waals surface area contributed by atoms with E-state index in [2.05, 4.69) is 0 Å². The summed E-state index contributed by atoms with van der Waals surface area (Å²) in [4.78, 5) is 24.5. The lowest BCUT2D eigenvalue weighted by Crippen LogP contribution is -2.45. The van der Waals surface area contributed by atoms with Crippen LogP contribution in [0.1, 0.15) is 49.5 Å². The first-order valence-electron chi connectivity index (χ1n) is 6.50. The van der Waals surface area contributed by atoms with Crippen LogP contribution < -0.4 is 4.90 Å². The molecule has 1 N–H and O–H groups in total. The van der Waals surface area contributed by atoms with Crippen LogP contribution in [0, 0.1) is 0 Å². The second-order valence-corrected chi connectivity index (χ2v) is 5.91. The third-order valence-electron chi connectivity index (χ3n) is 3.36. The molecule has 4 heteroatoms. The monoisotopic (exact) mass is 261 g/mol. The summed E-state index contributed by atoms with van der Waals surface area (Å²) in [6.45, 7) is 5.56. The highest BCUT2D eigenvalue weighted by atomic mass is 16.4. The fraction of sp³-hybridized carbons (Fsp3) is 0.467. The molecule has 0 spiro atoms. The van der Waals surface area contributed by atoms with Crippen LogP contribution in [0.5, 0.6) is 0 Å². The van der Waals surface area contributed by atoms with Crippen molar-refractivity contribution in [3.63, 3.8) is 0 Å². The zero-order valence-electron chi connectivity index (χ0n) is 11.6. The van der Waals surface area contributed by atoms with Gasteiger partial charge in [0.2, 0.25) is 0 Å². The third-order valence-corrected chi connectivity index (χ3v) is 3.36. The normalized spacial score (nSPS) is 15.0. The van der Waals surface area contributed by atoms with E-state index < -0.39 is 11.6 Å². The molecular formula is C15H19NO3. The predicted molar refractivity (Wildman–Crippen MR) is 74.0 cm³/mol. The highest BCUT2D eigenvalue weighted by molar-refractivity contribution is 5.99. The topological polar surface area (TPSA) is 57.6 Å². The van der Waals surface area contributed by atoms with Crippen molar-refractivity contribution in [1.82, 2.24) is 0 Å². The van der Waals surface area contributed by atoms with Gasteiger partial charge in [0, 0.05) is 23.2 Å². The van der Waals surface area contributed by atoms with Crippen molar-refractivity contribution >= 4 is 17.6 Å². The highest BCUT2D eigenvalue weighted by Gasteiger charge is 2.29. The van der Waals surface area contributed by atoms with Crippen molar-refractivity contribution in [2.75, 3.05) is 4.90 Å². The van der Waals surface area contributed by atoms with Gasteiger partial charge in [-0.05, 0) is 57.4 Å². The Morgan fingerprint density at radius 1 is 1.26 bits per heavy atom. The highest BCUT2D eigenvalue weighted by Crippen LogP contribution is 2.29. The summed E-state index contributed by atoms with van der Waals surface area (Å²) >= 11 is 0. The minimum absolute atomic E-state index is 0.158. The lowest BCUT2D eigenvalue weighted by Gasteiger charge is -2.33. The van der Waals surface area contributed by atoms with Gasteiger partial charge in [-0.25, -0.2) is 4.79 Å². The van der Waals surface area contributed by atoms with Gasteiger partial charge in [0.15, 0.2) is 5.78 Å². The molecule has 0 aromatic heterocycles. The Morgan fingerprint density at radius 3 is 2.53 bits per heavy atom. The van der Waals surface area contributed by atoms with Gasteiger partial charge in [-0.15, -0.1) is 0 Å². The van der Waals surface area contributed by atoms with Crippen LogP contribution >= 0.6 is 0 Å². The van der Waals surface area contributed by atoms with E-state index in [4.69, 9.17) is 0 Å². The summed E-state index contributed by atoms with van der Waals surface area (Å²) in [6.07, 6.45) is 1.30. The summed E-state index contributed by atoms with van der Waals surface area (Å²) in [5.74, 6) is 0.158. The van der Waals surface area contributed by atoms with Gasteiger partial charge in [0.1, 0.15) is 0 Å². The number of fused-ring (bicyclic) bond motifs is 1. The molecule has 0 unspecified atom stereocenters. The number of carboxylic acid groups (broad SMARTS) is 1. The van der Waals surface area contributed by atoms with Crippen molar-refractivity contribution in [3.05, 3.63) is 29.3 Å². The van der Waals surface area contributed by atoms with E-state index in [1.54, 1.807) is 12.1 Å². The number of rotatable bonds is 1. The number of hydrogen-bond acceptors (Lipinski definition) is 2. The van der Waals surface area contributed by atoms with Gasteiger partial charge in [-0.1, -0.05) is 0 Å². The third kappa shape index (κ3) is 2.62. The Morgan fingerprint density at radius 2 is 1.95 bits per heavy atom. The van der Waals surface area contributed by atoms with Crippen molar-refractivity contribution in [2.24, 2.45) is 0 Å². The van der Waals surface area contributed by atoms with Crippen LogP contribution in [0.2, 0.25) is 0 Å². The molecule has 19 heavy (non-hydrogen) atoms. The molecule has 1 aromatic rings. The van der Waals surface area contributed by atoms with Crippen LogP contribution in [-0.2, 0) is 6.42 Å². The number of amides is 1. The zero-order valence-corrected chi connectivity index (χ0v) is 11.6. The lowest BCUT2D eigenvalue weighted by molar-refractivity contribution is 0.0972. The number of aryl methyl sites for hydroxylation is 1. The van der Waals surface area contributed by atoms with Crippen LogP contribution in [0.25, 0.3) is 0 Å². The Hall–Kier alpha value is -1.84. The number of carbonyl (C=O) groups is 2. The van der Waals surface area contributed by atoms with Gasteiger partial charge < -0.3 is 5.11 Å². The lowest BCUT2D eigenvalue weighted by atomic mass is 9.90. The van der Waals surface area contributed by atoms with Gasteiger partial charge in [-0.3, -0.25) is 9.69 Å². The number of hydrogen-bond donors (Lipinski definition) is 1. The maximum atomic E-state index is 11.8. The molecule has 0 saturated heterocycles. The molecular weight excluding hydrogens is 242 g/mol. The predicted octanol–water partition coefficient (Wildman–Crippen LogP) is 3.49. The molecule has 0 atom stereocenters. The first kappa shape index (κ1) is 13.6. The Labute approximate surface area is 113 Å². The van der Waals surface area contributed by atoms with E-state index in [0.717, 1.165) is 24.0 Å². The quantitative estimate of drug-likeness (QED) is 0.841. The van der Waals surface area contributed by atoms with E-state index in [1.807, 2.05) is 26.8 Å². The minimum atomic E-state index is -0.977. The molecule has 0 fully saturated rings. The van der Waals surface area contributed by atoms with Gasteiger partial charge >= 0.3 is 6.09 Å². The van der Waals surface area contributed by atoms with Gasteiger partial charge in [-0.2, -0.15) is 0 Å². The smallest absolute Gasteiger partial charge is 0.412 e. The molecule has 0 heterocycles. The fourth-order valence-corrected chi connectivity index (χ4v) is 2.56. The SMILES string of the molecule is CC(C)(C)N(C(=O)O)c1ccc2c(c1)CCCC2=O. The first-order chi connectivity index (χ1) is 8.80. The summed E-state index contributed by atoms with van der Waals surface area (Å²) in [5.41, 5.74) is 1.82. The number of carbonyl (C=O) groups excluding carboxylic acids is 1. The number of Topliss-reactive ketones (excluding diaryl/α,β-unsaturated/α-hetero) is 1. The molecule has 0 radical (unpaired) electrons. The van der Waals surface area contributed by atoms with E-state index in [9.17, 15) is 14.7 Å². The molecule has 0 bridgehead atoms. The van der Waals surface area contributed by atoms with Crippen molar-refractivity contribution in [1.29, 1.82) is 0 Å². The Balaban J connectivity index is 2.46. The average molecular weight is 261 g/mol. The van der Waals surface area contributed by atoms with Crippen molar-refractivity contribution < 1.29 is 14.7 Å². The van der Waals surface area contributed by atoms with Crippen LogP contribution in [0.4, 0.5) is 10.5 Å². The largest absolute Gasteiger partial charge is 0.465 e. The summed E-state index contributed by atoms with van der Waals surface area (Å²) < 4.78 is 0. The molecule has 2 rings (SSSR count). The van der Waals surface area contributed by atoms with Crippen LogP contribution in [0.15, 0.2) is 18.2 Å². The number of benzene rings is 1. The van der Waals surface area contributed by atoms with E-state index in [0.29, 0.717) is 12.1 Å². The second kappa shape index (κ2) is 4.68. The Kier molecular flexibility index (Phi) is 3.35. The fourth-order valence-electron chi connectivity index (χ4n) is 2.56. The zero-order chi connectivity index (χ0) is 14.2. The summed E-state index contributed by atoms with van der Waals surface area (Å²) in [6, 6.07) is 5.32. The van der Waals surface area contributed by atoms with Crippen molar-refractivity contribution in [2.45, 2.75) is 45.6 Å². The molecule has 102 valence electrons. The second-order valence-electron chi connectivity index (χ2n) is 5.91. The molecule has 1 aliphatic rings. The van der Waals surface area contributed by atoms with Gasteiger partial charge in [0.05, 0.1) is 0 Å². The first-order valence-corrected chi connectivity index (χ1v) is 6.50. The number of ketones is 1. The van der Waals surface area contributed by atoms with E-state index in [-0.39, 0.29) is 5.78 Å². The van der Waals surface area contributed by atoms with E-state index >= 15 is 0 Å². The van der Waals surface area contributed by atoms with Crippen LogP contribution in [-0.4, -0.2) is 22.5 Å². The maximum Gasteiger partial charge on any atom is 0.412 e. The summed E-state index contributed by atoms with van der Waals surface area (Å²) in [5, 5.41) is 9.38. The number of nitrogens with zero attached hydrogens (tertiary/aromatic N) is 1. The molecule has 0 aliphatic heterocycles. The molecule has 1 aromatic carbocycles. The van der Waals surface area contributed by atoms with Gasteiger partial charge in [0.25, 0.3) is 0 Å². The maximum absolute atomic E-state index is 11.8. The van der Waals surface area contributed by atoms with Crippen LogP contribution in [0.3, 0.4) is 0 Å². The molecule has 4 nitrogen and oxygen atoms in total. The number of anilines is 1. The molecule has 0 saturated carbocycles. The van der Waals surface area contributed by atoms with E-state index in [1.165, 1.54) is 4.90 Å².